The molecule has 3 aromatic rings. The van der Waals surface area contributed by atoms with E-state index in [1.807, 2.05) is 0 Å². The van der Waals surface area contributed by atoms with Gasteiger partial charge in [0.25, 0.3) is 0 Å². The average Bonchev–Trinajstić information content (AvgIpc) is 3.28. The molecule has 1 aliphatic heterocycles. The summed E-state index contributed by atoms with van der Waals surface area (Å²) in [5, 5.41) is 2.08. The van der Waals surface area contributed by atoms with Crippen LogP contribution in [0.5, 0.6) is 0 Å². The SMILES string of the molecule is Nc1nc(N(Cc2cccs2)CC2CCCO2)c2[nH]cnc2n1. The van der Waals surface area contributed by atoms with Gasteiger partial charge >= 0.3 is 0 Å². The van der Waals surface area contributed by atoms with Crippen LogP contribution in [0.1, 0.15) is 17.7 Å². The van der Waals surface area contributed by atoms with E-state index in [0.29, 0.717) is 5.65 Å². The summed E-state index contributed by atoms with van der Waals surface area (Å²) in [6, 6.07) is 4.19. The molecule has 1 saturated heterocycles. The second-order valence-corrected chi connectivity index (χ2v) is 6.63. The van der Waals surface area contributed by atoms with Crippen LogP contribution < -0.4 is 10.6 Å². The fourth-order valence-electron chi connectivity index (χ4n) is 2.91. The summed E-state index contributed by atoms with van der Waals surface area (Å²) in [6.45, 7) is 2.38. The number of imidazole rings is 1. The summed E-state index contributed by atoms with van der Waals surface area (Å²) in [6.07, 6.45) is 4.04. The van der Waals surface area contributed by atoms with Crippen molar-refractivity contribution in [2.75, 3.05) is 23.8 Å². The van der Waals surface area contributed by atoms with E-state index >= 15 is 0 Å². The molecule has 0 amide bonds. The lowest BCUT2D eigenvalue weighted by molar-refractivity contribution is 0.115. The number of aromatic amines is 1. The van der Waals surface area contributed by atoms with Gasteiger partial charge in [0.1, 0.15) is 5.52 Å². The standard InChI is InChI=1S/C15H18N6OS/c16-15-19-13-12(17-9-18-13)14(20-15)21(7-10-3-1-5-22-10)8-11-4-2-6-23-11/h2,4,6,9-10H,1,3,5,7-8H2,(H3,16,17,18,19,20). The quantitative estimate of drug-likeness (QED) is 0.745. The number of fused-ring (bicyclic) bond motifs is 1. The first-order valence-electron chi connectivity index (χ1n) is 7.65. The lowest BCUT2D eigenvalue weighted by Crippen LogP contribution is -2.32. The molecular weight excluding hydrogens is 312 g/mol. The molecule has 0 aromatic carbocycles. The molecule has 3 aromatic heterocycles. The van der Waals surface area contributed by atoms with Crippen LogP contribution in [-0.2, 0) is 11.3 Å². The number of ether oxygens (including phenoxy) is 1. The van der Waals surface area contributed by atoms with Crippen LogP contribution in [0.2, 0.25) is 0 Å². The number of H-pyrrole nitrogens is 1. The summed E-state index contributed by atoms with van der Waals surface area (Å²) < 4.78 is 5.81. The molecule has 8 heteroatoms. The van der Waals surface area contributed by atoms with Gasteiger partial charge in [0.2, 0.25) is 5.95 Å². The van der Waals surface area contributed by atoms with E-state index in [-0.39, 0.29) is 12.1 Å². The van der Waals surface area contributed by atoms with Crippen molar-refractivity contribution in [1.82, 2.24) is 19.9 Å². The van der Waals surface area contributed by atoms with E-state index in [1.165, 1.54) is 4.88 Å². The highest BCUT2D eigenvalue weighted by Gasteiger charge is 2.23. The molecule has 1 aliphatic rings. The summed E-state index contributed by atoms with van der Waals surface area (Å²) >= 11 is 1.73. The van der Waals surface area contributed by atoms with Crippen molar-refractivity contribution < 1.29 is 4.74 Å². The molecule has 0 spiro atoms. The summed E-state index contributed by atoms with van der Waals surface area (Å²) in [7, 11) is 0. The Hall–Kier alpha value is -2.19. The van der Waals surface area contributed by atoms with Crippen LogP contribution in [0.4, 0.5) is 11.8 Å². The van der Waals surface area contributed by atoms with E-state index in [0.717, 1.165) is 43.9 Å². The third-order valence-corrected chi connectivity index (χ3v) is 4.82. The highest BCUT2D eigenvalue weighted by molar-refractivity contribution is 7.09. The molecule has 23 heavy (non-hydrogen) atoms. The van der Waals surface area contributed by atoms with E-state index in [1.54, 1.807) is 17.7 Å². The highest BCUT2D eigenvalue weighted by atomic mass is 32.1. The van der Waals surface area contributed by atoms with Crippen molar-refractivity contribution in [2.45, 2.75) is 25.5 Å². The van der Waals surface area contributed by atoms with Gasteiger partial charge < -0.3 is 20.4 Å². The molecular formula is C15H18N6OS. The van der Waals surface area contributed by atoms with Crippen molar-refractivity contribution in [3.05, 3.63) is 28.7 Å². The van der Waals surface area contributed by atoms with Gasteiger partial charge in [-0.1, -0.05) is 6.07 Å². The van der Waals surface area contributed by atoms with Crippen LogP contribution >= 0.6 is 11.3 Å². The molecule has 120 valence electrons. The Labute approximate surface area is 137 Å². The van der Waals surface area contributed by atoms with Crippen LogP contribution in [0.15, 0.2) is 23.8 Å². The van der Waals surface area contributed by atoms with Gasteiger partial charge in [-0.15, -0.1) is 11.3 Å². The van der Waals surface area contributed by atoms with Gasteiger partial charge in [0, 0.05) is 18.0 Å². The topological polar surface area (TPSA) is 92.9 Å². The second-order valence-electron chi connectivity index (χ2n) is 5.60. The summed E-state index contributed by atoms with van der Waals surface area (Å²) in [4.78, 5) is 19.5. The molecule has 0 aliphatic carbocycles. The Morgan fingerprint density at radius 3 is 3.17 bits per heavy atom. The predicted molar refractivity (Wildman–Crippen MR) is 90.4 cm³/mol. The zero-order valence-electron chi connectivity index (χ0n) is 12.6. The van der Waals surface area contributed by atoms with Crippen molar-refractivity contribution in [3.8, 4) is 0 Å². The molecule has 7 nitrogen and oxygen atoms in total. The molecule has 0 saturated carbocycles. The van der Waals surface area contributed by atoms with Gasteiger partial charge in [-0.3, -0.25) is 0 Å². The van der Waals surface area contributed by atoms with Gasteiger partial charge in [0.05, 0.1) is 19.0 Å². The molecule has 0 radical (unpaired) electrons. The zero-order valence-corrected chi connectivity index (χ0v) is 13.4. The van der Waals surface area contributed by atoms with Gasteiger partial charge in [0.15, 0.2) is 11.5 Å². The third-order valence-electron chi connectivity index (χ3n) is 3.96. The molecule has 4 rings (SSSR count). The number of nitrogen functional groups attached to an aromatic ring is 1. The van der Waals surface area contributed by atoms with Crippen LogP contribution in [0, 0.1) is 0 Å². The van der Waals surface area contributed by atoms with Crippen LogP contribution in [0.3, 0.4) is 0 Å². The Kier molecular flexibility index (Phi) is 3.84. The number of aromatic nitrogens is 4. The molecule has 3 N–H and O–H groups in total. The number of hydrogen-bond acceptors (Lipinski definition) is 7. The lowest BCUT2D eigenvalue weighted by Gasteiger charge is -2.26. The van der Waals surface area contributed by atoms with Crippen molar-refractivity contribution in [2.24, 2.45) is 0 Å². The molecule has 1 atom stereocenters. The van der Waals surface area contributed by atoms with E-state index in [4.69, 9.17) is 10.5 Å². The van der Waals surface area contributed by atoms with Crippen LogP contribution in [0.25, 0.3) is 11.2 Å². The Bertz CT molecular complexity index is 780. The number of nitrogens with two attached hydrogens (primary N) is 1. The van der Waals surface area contributed by atoms with Crippen molar-refractivity contribution >= 4 is 34.3 Å². The van der Waals surface area contributed by atoms with Gasteiger partial charge in [-0.05, 0) is 24.3 Å². The second kappa shape index (κ2) is 6.13. The number of rotatable bonds is 5. The Morgan fingerprint density at radius 2 is 2.39 bits per heavy atom. The minimum atomic E-state index is 0.226. The number of hydrogen-bond donors (Lipinski definition) is 2. The van der Waals surface area contributed by atoms with E-state index in [2.05, 4.69) is 42.3 Å². The zero-order chi connectivity index (χ0) is 15.6. The lowest BCUT2D eigenvalue weighted by atomic mass is 10.2. The fourth-order valence-corrected chi connectivity index (χ4v) is 3.63. The smallest absolute Gasteiger partial charge is 0.224 e. The molecule has 1 unspecified atom stereocenters. The maximum atomic E-state index is 5.87. The van der Waals surface area contributed by atoms with Gasteiger partial charge in [-0.2, -0.15) is 9.97 Å². The minimum absolute atomic E-state index is 0.226. The van der Waals surface area contributed by atoms with Crippen LogP contribution in [-0.4, -0.2) is 39.2 Å². The van der Waals surface area contributed by atoms with E-state index in [9.17, 15) is 0 Å². The fraction of sp³-hybridized carbons (Fsp3) is 0.400. The Balaban J connectivity index is 1.71. The third kappa shape index (κ3) is 2.99. The first-order chi connectivity index (χ1) is 11.3. The molecule has 1 fully saturated rings. The molecule has 4 heterocycles. The van der Waals surface area contributed by atoms with Crippen molar-refractivity contribution in [3.63, 3.8) is 0 Å². The normalized spacial score (nSPS) is 17.8. The highest BCUT2D eigenvalue weighted by Crippen LogP contribution is 2.26. The summed E-state index contributed by atoms with van der Waals surface area (Å²) in [5.41, 5.74) is 7.28. The first kappa shape index (κ1) is 14.4. The number of thiophene rings is 1. The first-order valence-corrected chi connectivity index (χ1v) is 8.53. The minimum Gasteiger partial charge on any atom is -0.376 e. The van der Waals surface area contributed by atoms with Crippen molar-refractivity contribution in [1.29, 1.82) is 0 Å². The summed E-state index contributed by atoms with van der Waals surface area (Å²) in [5.74, 6) is 1.03. The number of nitrogens with zero attached hydrogens (tertiary/aromatic N) is 4. The maximum Gasteiger partial charge on any atom is 0.224 e. The monoisotopic (exact) mass is 330 g/mol. The number of anilines is 2. The maximum absolute atomic E-state index is 5.87. The van der Waals surface area contributed by atoms with Gasteiger partial charge in [-0.25, -0.2) is 4.98 Å². The van der Waals surface area contributed by atoms with E-state index < -0.39 is 0 Å². The Morgan fingerprint density at radius 1 is 1.43 bits per heavy atom. The predicted octanol–water partition coefficient (Wildman–Crippen LogP) is 2.18. The largest absolute Gasteiger partial charge is 0.376 e. The number of nitrogens with one attached hydrogen (secondary N) is 1. The molecule has 0 bridgehead atoms. The average molecular weight is 330 g/mol.